The van der Waals surface area contributed by atoms with Gasteiger partial charge in [0.05, 0.1) is 12.7 Å². The number of ether oxygens (including phenoxy) is 1. The van der Waals surface area contributed by atoms with Crippen molar-refractivity contribution in [3.8, 4) is 17.6 Å². The van der Waals surface area contributed by atoms with E-state index in [4.69, 9.17) is 9.16 Å². The fourth-order valence-corrected chi connectivity index (χ4v) is 2.44. The van der Waals surface area contributed by atoms with Crippen LogP contribution in [0, 0.1) is 11.3 Å². The highest BCUT2D eigenvalue weighted by atomic mass is 28.3. The van der Waals surface area contributed by atoms with Crippen molar-refractivity contribution in [2.45, 2.75) is 39.3 Å². The summed E-state index contributed by atoms with van der Waals surface area (Å²) in [6.07, 6.45) is 3.06. The Balaban J connectivity index is 3.24. The van der Waals surface area contributed by atoms with Crippen LogP contribution in [0.3, 0.4) is 0 Å². The Morgan fingerprint density at radius 3 is 2.56 bits per heavy atom. The minimum absolute atomic E-state index is 0.605. The Hall–Kier alpha value is -1.47. The van der Waals surface area contributed by atoms with E-state index < -0.39 is 9.04 Å². The molecule has 0 bridgehead atoms. The molecule has 3 nitrogen and oxygen atoms in total. The van der Waals surface area contributed by atoms with Crippen LogP contribution in [0.25, 0.3) is 0 Å². The molecule has 18 heavy (non-hydrogen) atoms. The van der Waals surface area contributed by atoms with Gasteiger partial charge in [0.2, 0.25) is 0 Å². The average molecular weight is 262 g/mol. The van der Waals surface area contributed by atoms with Crippen LogP contribution in [0.2, 0.25) is 13.1 Å². The summed E-state index contributed by atoms with van der Waals surface area (Å²) in [6, 6.07) is 5.83. The third kappa shape index (κ3) is 3.51. The lowest BCUT2D eigenvalue weighted by Crippen LogP contribution is -2.14. The maximum atomic E-state index is 9.19. The van der Waals surface area contributed by atoms with E-state index in [2.05, 4.69) is 26.1 Å². The fraction of sp³-hybridized carbons (Fsp3) is 0.500. The van der Waals surface area contributed by atoms with Crippen molar-refractivity contribution >= 4 is 9.04 Å². The SMILES string of the molecule is CCCCc1c(OC)ccc(C#N)c1O[Si](C)C. The lowest BCUT2D eigenvalue weighted by Gasteiger charge is -2.17. The summed E-state index contributed by atoms with van der Waals surface area (Å²) in [5.41, 5.74) is 1.64. The molecule has 0 N–H and O–H groups in total. The molecule has 0 aromatic heterocycles. The van der Waals surface area contributed by atoms with E-state index in [0.29, 0.717) is 5.56 Å². The van der Waals surface area contributed by atoms with Crippen molar-refractivity contribution in [2.24, 2.45) is 0 Å². The zero-order valence-corrected chi connectivity index (χ0v) is 12.5. The van der Waals surface area contributed by atoms with E-state index in [1.807, 2.05) is 6.07 Å². The van der Waals surface area contributed by atoms with Crippen LogP contribution >= 0.6 is 0 Å². The first-order valence-corrected chi connectivity index (χ1v) is 8.62. The molecule has 0 spiro atoms. The molecule has 0 atom stereocenters. The van der Waals surface area contributed by atoms with E-state index in [9.17, 15) is 5.26 Å². The van der Waals surface area contributed by atoms with Gasteiger partial charge >= 0.3 is 0 Å². The Morgan fingerprint density at radius 2 is 2.06 bits per heavy atom. The first-order chi connectivity index (χ1) is 8.63. The zero-order valence-electron chi connectivity index (χ0n) is 11.5. The zero-order chi connectivity index (χ0) is 13.5. The summed E-state index contributed by atoms with van der Waals surface area (Å²) in [5.74, 6) is 1.55. The van der Waals surface area contributed by atoms with Crippen molar-refractivity contribution in [3.63, 3.8) is 0 Å². The monoisotopic (exact) mass is 262 g/mol. The maximum absolute atomic E-state index is 9.19. The van der Waals surface area contributed by atoms with Crippen LogP contribution in [0.1, 0.15) is 30.9 Å². The molecule has 0 heterocycles. The van der Waals surface area contributed by atoms with Gasteiger partial charge < -0.3 is 9.16 Å². The molecule has 0 saturated heterocycles. The van der Waals surface area contributed by atoms with Crippen LogP contribution in [-0.4, -0.2) is 16.2 Å². The largest absolute Gasteiger partial charge is 0.541 e. The number of hydrogen-bond donors (Lipinski definition) is 0. The van der Waals surface area contributed by atoms with E-state index in [1.54, 1.807) is 13.2 Å². The highest BCUT2D eigenvalue weighted by Crippen LogP contribution is 2.33. The van der Waals surface area contributed by atoms with Crippen molar-refractivity contribution in [3.05, 3.63) is 23.3 Å². The highest BCUT2D eigenvalue weighted by Gasteiger charge is 2.16. The standard InChI is InChI=1S/C14H20NO2Si/c1-5-6-7-12-13(16-2)9-8-11(10-15)14(12)17-18(3)4/h8-9H,5-7H2,1-4H3. The van der Waals surface area contributed by atoms with Crippen LogP contribution in [0.5, 0.6) is 11.5 Å². The molecule has 97 valence electrons. The van der Waals surface area contributed by atoms with Gasteiger partial charge in [0.25, 0.3) is 9.04 Å². The molecule has 4 heteroatoms. The summed E-state index contributed by atoms with van der Waals surface area (Å²) in [7, 11) is 0.760. The number of nitriles is 1. The predicted molar refractivity (Wildman–Crippen MR) is 74.4 cm³/mol. The van der Waals surface area contributed by atoms with Crippen LogP contribution in [-0.2, 0) is 6.42 Å². The van der Waals surface area contributed by atoms with Crippen LogP contribution < -0.4 is 9.16 Å². The summed E-state index contributed by atoms with van der Waals surface area (Å²) in [5, 5.41) is 9.19. The third-order valence-electron chi connectivity index (χ3n) is 2.64. The predicted octanol–water partition coefficient (Wildman–Crippen LogP) is 3.54. The molecule has 0 amide bonds. The molecule has 1 aromatic carbocycles. The molecule has 0 aliphatic heterocycles. The van der Waals surface area contributed by atoms with Gasteiger partial charge in [-0.05, 0) is 38.1 Å². The van der Waals surface area contributed by atoms with E-state index >= 15 is 0 Å². The van der Waals surface area contributed by atoms with E-state index in [1.165, 1.54) is 0 Å². The number of unbranched alkanes of at least 4 members (excludes halogenated alkanes) is 1. The maximum Gasteiger partial charge on any atom is 0.274 e. The molecular formula is C14H20NO2Si. The summed E-state index contributed by atoms with van der Waals surface area (Å²) in [6.45, 7) is 6.28. The number of hydrogen-bond acceptors (Lipinski definition) is 3. The van der Waals surface area contributed by atoms with Crippen molar-refractivity contribution in [2.75, 3.05) is 7.11 Å². The van der Waals surface area contributed by atoms with E-state index in [0.717, 1.165) is 36.3 Å². The quantitative estimate of drug-likeness (QED) is 0.736. The van der Waals surface area contributed by atoms with Gasteiger partial charge in [0, 0.05) is 5.56 Å². The smallest absolute Gasteiger partial charge is 0.274 e. The van der Waals surface area contributed by atoms with Gasteiger partial charge in [-0.3, -0.25) is 0 Å². The van der Waals surface area contributed by atoms with Gasteiger partial charge in [-0.15, -0.1) is 0 Å². The Kier molecular flexibility index (Phi) is 5.73. The molecule has 0 aliphatic carbocycles. The highest BCUT2D eigenvalue weighted by molar-refractivity contribution is 6.49. The van der Waals surface area contributed by atoms with Gasteiger partial charge in [-0.2, -0.15) is 5.26 Å². The Labute approximate surface area is 111 Å². The second-order valence-electron chi connectivity index (χ2n) is 4.35. The average Bonchev–Trinajstić information content (AvgIpc) is 2.36. The molecule has 0 saturated carbocycles. The molecule has 1 aromatic rings. The molecular weight excluding hydrogens is 242 g/mol. The van der Waals surface area contributed by atoms with Crippen molar-refractivity contribution < 1.29 is 9.16 Å². The van der Waals surface area contributed by atoms with Crippen molar-refractivity contribution in [1.29, 1.82) is 5.26 Å². The number of nitrogens with zero attached hydrogens (tertiary/aromatic N) is 1. The molecule has 1 rings (SSSR count). The minimum Gasteiger partial charge on any atom is -0.541 e. The van der Waals surface area contributed by atoms with Gasteiger partial charge in [0.15, 0.2) is 0 Å². The lowest BCUT2D eigenvalue weighted by atomic mass is 10.0. The lowest BCUT2D eigenvalue weighted by molar-refractivity contribution is 0.405. The molecule has 0 aliphatic rings. The first kappa shape index (κ1) is 14.6. The Bertz CT molecular complexity index is 438. The third-order valence-corrected chi connectivity index (χ3v) is 3.26. The number of rotatable bonds is 6. The first-order valence-electron chi connectivity index (χ1n) is 6.22. The van der Waals surface area contributed by atoms with E-state index in [-0.39, 0.29) is 0 Å². The number of methoxy groups -OCH3 is 1. The molecule has 0 fully saturated rings. The topological polar surface area (TPSA) is 42.2 Å². The second-order valence-corrected chi connectivity index (χ2v) is 6.37. The minimum atomic E-state index is -0.897. The molecule has 1 radical (unpaired) electrons. The normalized spacial score (nSPS) is 10.2. The fourth-order valence-electron chi connectivity index (χ4n) is 1.80. The Morgan fingerprint density at radius 1 is 1.33 bits per heavy atom. The molecule has 0 unspecified atom stereocenters. The van der Waals surface area contributed by atoms with Gasteiger partial charge in [-0.1, -0.05) is 13.3 Å². The summed E-state index contributed by atoms with van der Waals surface area (Å²) < 4.78 is 11.3. The van der Waals surface area contributed by atoms with Crippen molar-refractivity contribution in [1.82, 2.24) is 0 Å². The summed E-state index contributed by atoms with van der Waals surface area (Å²) in [4.78, 5) is 0. The summed E-state index contributed by atoms with van der Waals surface area (Å²) >= 11 is 0. The number of benzene rings is 1. The van der Waals surface area contributed by atoms with Gasteiger partial charge in [0.1, 0.15) is 17.6 Å². The van der Waals surface area contributed by atoms with Gasteiger partial charge in [-0.25, -0.2) is 0 Å². The van der Waals surface area contributed by atoms with Crippen LogP contribution in [0.4, 0.5) is 0 Å². The van der Waals surface area contributed by atoms with Crippen LogP contribution in [0.15, 0.2) is 12.1 Å². The second kappa shape index (κ2) is 7.07.